The van der Waals surface area contributed by atoms with Crippen molar-refractivity contribution in [2.24, 2.45) is 0 Å². The second kappa shape index (κ2) is 4.65. The molecule has 17 heavy (non-hydrogen) atoms. The molecule has 0 saturated carbocycles. The largest absolute Gasteiger partial charge is 0.467 e. The molecule has 6 heteroatoms. The highest BCUT2D eigenvalue weighted by Crippen LogP contribution is 2.16. The second-order valence-corrected chi connectivity index (χ2v) is 3.50. The molecule has 0 aliphatic carbocycles. The van der Waals surface area contributed by atoms with Gasteiger partial charge in [0, 0.05) is 5.69 Å². The molecule has 0 spiro atoms. The van der Waals surface area contributed by atoms with E-state index in [2.05, 4.69) is 20.3 Å². The van der Waals surface area contributed by atoms with Gasteiger partial charge in [-0.3, -0.25) is 0 Å². The highest BCUT2D eigenvalue weighted by Gasteiger charge is 2.04. The smallest absolute Gasteiger partial charge is 0.322 e. The molecule has 1 heterocycles. The Morgan fingerprint density at radius 3 is 2.76 bits per heavy atom. The van der Waals surface area contributed by atoms with E-state index >= 15 is 0 Å². The summed E-state index contributed by atoms with van der Waals surface area (Å²) in [6, 6.07) is 8.03. The number of benzene rings is 1. The third-order valence-corrected chi connectivity index (χ3v) is 2.09. The Kier molecular flexibility index (Phi) is 3.04. The summed E-state index contributed by atoms with van der Waals surface area (Å²) in [5, 5.41) is 3.04. The van der Waals surface area contributed by atoms with Gasteiger partial charge in [-0.25, -0.2) is 0 Å². The Labute approximate surface area is 98.9 Å². The number of nitrogen functional groups attached to an aromatic ring is 1. The van der Waals surface area contributed by atoms with E-state index < -0.39 is 0 Å². The molecule has 0 atom stereocenters. The van der Waals surface area contributed by atoms with E-state index in [0.717, 1.165) is 11.3 Å². The Morgan fingerprint density at radius 2 is 2.06 bits per heavy atom. The third kappa shape index (κ3) is 2.81. The number of hydrogen-bond acceptors (Lipinski definition) is 6. The molecule has 2 rings (SSSR count). The maximum atomic E-state index is 5.54. The zero-order chi connectivity index (χ0) is 12.3. The van der Waals surface area contributed by atoms with Crippen LogP contribution in [0.15, 0.2) is 24.3 Å². The molecule has 0 bridgehead atoms. The Morgan fingerprint density at radius 1 is 1.24 bits per heavy atom. The summed E-state index contributed by atoms with van der Waals surface area (Å²) in [5.41, 5.74) is 7.57. The minimum absolute atomic E-state index is 0.118. The lowest BCUT2D eigenvalue weighted by atomic mass is 10.2. The highest BCUT2D eigenvalue weighted by atomic mass is 16.5. The number of ether oxygens (including phenoxy) is 1. The van der Waals surface area contributed by atoms with Gasteiger partial charge in [-0.05, 0) is 24.6 Å². The number of nitrogens with one attached hydrogen (secondary N) is 1. The summed E-state index contributed by atoms with van der Waals surface area (Å²) in [4.78, 5) is 11.8. The van der Waals surface area contributed by atoms with Crippen molar-refractivity contribution in [3.05, 3.63) is 29.8 Å². The number of nitrogens with two attached hydrogens (primary N) is 1. The van der Waals surface area contributed by atoms with Crippen molar-refractivity contribution in [1.29, 1.82) is 0 Å². The van der Waals surface area contributed by atoms with Crippen molar-refractivity contribution >= 4 is 17.6 Å². The lowest BCUT2D eigenvalue weighted by Crippen LogP contribution is -2.05. The van der Waals surface area contributed by atoms with Crippen molar-refractivity contribution in [2.75, 3.05) is 18.2 Å². The normalized spacial score (nSPS) is 10.0. The van der Waals surface area contributed by atoms with Gasteiger partial charge >= 0.3 is 6.01 Å². The summed E-state index contributed by atoms with van der Waals surface area (Å²) >= 11 is 0. The SMILES string of the molecule is COc1nc(N)nc(Nc2cccc(C)c2)n1. The summed E-state index contributed by atoms with van der Waals surface area (Å²) < 4.78 is 4.91. The summed E-state index contributed by atoms with van der Waals surface area (Å²) in [6.45, 7) is 2.01. The molecule has 1 aromatic carbocycles. The predicted octanol–water partition coefficient (Wildman–Crippen LogP) is 1.51. The van der Waals surface area contributed by atoms with E-state index in [9.17, 15) is 0 Å². The maximum absolute atomic E-state index is 5.54. The third-order valence-electron chi connectivity index (χ3n) is 2.09. The molecule has 1 aromatic heterocycles. The number of aromatic nitrogens is 3. The van der Waals surface area contributed by atoms with Crippen LogP contribution in [-0.2, 0) is 0 Å². The van der Waals surface area contributed by atoms with Crippen LogP contribution in [0, 0.1) is 6.92 Å². The quantitative estimate of drug-likeness (QED) is 0.832. The van der Waals surface area contributed by atoms with Gasteiger partial charge in [-0.2, -0.15) is 15.0 Å². The predicted molar refractivity (Wildman–Crippen MR) is 65.3 cm³/mol. The van der Waals surface area contributed by atoms with Gasteiger partial charge in [0.1, 0.15) is 0 Å². The molecular formula is C11H13N5O. The standard InChI is InChI=1S/C11H13N5O/c1-7-4-3-5-8(6-7)13-10-14-9(12)15-11(16-10)17-2/h3-6H,1-2H3,(H3,12,13,14,15,16). The van der Waals surface area contributed by atoms with Gasteiger partial charge in [0.2, 0.25) is 11.9 Å². The molecule has 6 nitrogen and oxygen atoms in total. The van der Waals surface area contributed by atoms with Crippen LogP contribution in [0.4, 0.5) is 17.6 Å². The van der Waals surface area contributed by atoms with Gasteiger partial charge in [0.15, 0.2) is 0 Å². The fourth-order valence-electron chi connectivity index (χ4n) is 1.37. The molecule has 0 fully saturated rings. The van der Waals surface area contributed by atoms with Crippen molar-refractivity contribution in [2.45, 2.75) is 6.92 Å². The van der Waals surface area contributed by atoms with E-state index in [0.29, 0.717) is 5.95 Å². The monoisotopic (exact) mass is 231 g/mol. The highest BCUT2D eigenvalue weighted by molar-refractivity contribution is 5.55. The number of methoxy groups -OCH3 is 1. The van der Waals surface area contributed by atoms with E-state index in [1.165, 1.54) is 7.11 Å². The average Bonchev–Trinajstić information content (AvgIpc) is 2.28. The summed E-state index contributed by atoms with van der Waals surface area (Å²) in [5.74, 6) is 0.479. The molecule has 2 aromatic rings. The molecule has 0 aliphatic heterocycles. The van der Waals surface area contributed by atoms with Crippen LogP contribution < -0.4 is 15.8 Å². The molecule has 0 aliphatic rings. The lowest BCUT2D eigenvalue weighted by molar-refractivity contribution is 0.380. The number of anilines is 3. The van der Waals surface area contributed by atoms with Crippen LogP contribution >= 0.6 is 0 Å². The molecule has 3 N–H and O–H groups in total. The zero-order valence-corrected chi connectivity index (χ0v) is 9.64. The number of aryl methyl sites for hydroxylation is 1. The number of rotatable bonds is 3. The molecule has 0 radical (unpaired) electrons. The van der Waals surface area contributed by atoms with Crippen LogP contribution in [0.25, 0.3) is 0 Å². The Hall–Kier alpha value is -2.37. The first-order chi connectivity index (χ1) is 8.17. The maximum Gasteiger partial charge on any atom is 0.322 e. The first-order valence-corrected chi connectivity index (χ1v) is 5.06. The topological polar surface area (TPSA) is 86.0 Å². The zero-order valence-electron chi connectivity index (χ0n) is 9.64. The van der Waals surface area contributed by atoms with E-state index in [1.54, 1.807) is 0 Å². The number of nitrogens with zero attached hydrogens (tertiary/aromatic N) is 3. The number of hydrogen-bond donors (Lipinski definition) is 2. The molecule has 88 valence electrons. The fourth-order valence-corrected chi connectivity index (χ4v) is 1.37. The van der Waals surface area contributed by atoms with Gasteiger partial charge in [-0.15, -0.1) is 0 Å². The Bertz CT molecular complexity index is 529. The van der Waals surface area contributed by atoms with Crippen LogP contribution in [0.1, 0.15) is 5.56 Å². The Balaban J connectivity index is 2.26. The van der Waals surface area contributed by atoms with Crippen molar-refractivity contribution < 1.29 is 4.74 Å². The van der Waals surface area contributed by atoms with Crippen LogP contribution in [0.2, 0.25) is 0 Å². The molecule has 0 amide bonds. The van der Waals surface area contributed by atoms with Gasteiger partial charge in [0.05, 0.1) is 7.11 Å². The first-order valence-electron chi connectivity index (χ1n) is 5.06. The van der Waals surface area contributed by atoms with Gasteiger partial charge in [-0.1, -0.05) is 12.1 Å². The molecule has 0 unspecified atom stereocenters. The summed E-state index contributed by atoms with van der Waals surface area (Å²) in [7, 11) is 1.48. The molecular weight excluding hydrogens is 218 g/mol. The van der Waals surface area contributed by atoms with Crippen molar-refractivity contribution in [3.8, 4) is 6.01 Å². The minimum Gasteiger partial charge on any atom is -0.467 e. The van der Waals surface area contributed by atoms with Crippen LogP contribution in [0.5, 0.6) is 6.01 Å². The van der Waals surface area contributed by atoms with E-state index in [-0.39, 0.29) is 12.0 Å². The average molecular weight is 231 g/mol. The van der Waals surface area contributed by atoms with Gasteiger partial charge in [0.25, 0.3) is 0 Å². The lowest BCUT2D eigenvalue weighted by Gasteiger charge is -2.06. The van der Waals surface area contributed by atoms with Crippen LogP contribution in [-0.4, -0.2) is 22.1 Å². The minimum atomic E-state index is 0.118. The summed E-state index contributed by atoms with van der Waals surface area (Å²) in [6.07, 6.45) is 0. The van der Waals surface area contributed by atoms with E-state index in [4.69, 9.17) is 10.5 Å². The molecule has 0 saturated heterocycles. The second-order valence-electron chi connectivity index (χ2n) is 3.50. The fraction of sp³-hybridized carbons (Fsp3) is 0.182. The van der Waals surface area contributed by atoms with Crippen molar-refractivity contribution in [3.63, 3.8) is 0 Å². The van der Waals surface area contributed by atoms with E-state index in [1.807, 2.05) is 31.2 Å². The van der Waals surface area contributed by atoms with Crippen LogP contribution in [0.3, 0.4) is 0 Å². The van der Waals surface area contributed by atoms with Crippen molar-refractivity contribution in [1.82, 2.24) is 15.0 Å². The van der Waals surface area contributed by atoms with Gasteiger partial charge < -0.3 is 15.8 Å². The first kappa shape index (κ1) is 11.1.